The summed E-state index contributed by atoms with van der Waals surface area (Å²) in [6.45, 7) is 2.44. The molecule has 11 nitrogen and oxygen atoms in total. The molecule has 14 heteroatoms. The Kier molecular flexibility index (Phi) is 8.83. The third-order valence-electron chi connectivity index (χ3n) is 8.12. The number of carboxylic acids is 1. The van der Waals surface area contributed by atoms with Gasteiger partial charge in [0.1, 0.15) is 11.9 Å². The number of carbonyl (C=O) groups is 3. The third kappa shape index (κ3) is 6.42. The van der Waals surface area contributed by atoms with Crippen molar-refractivity contribution in [2.75, 3.05) is 44.7 Å². The number of carboxylic acid groups (broad SMARTS) is 1. The van der Waals surface area contributed by atoms with Gasteiger partial charge in [0.25, 0.3) is 0 Å². The summed E-state index contributed by atoms with van der Waals surface area (Å²) in [7, 11) is 1.30. The van der Waals surface area contributed by atoms with Gasteiger partial charge in [-0.2, -0.15) is 0 Å². The molecule has 0 bridgehead atoms. The number of anilines is 1. The van der Waals surface area contributed by atoms with Crippen LogP contribution in [0.5, 0.6) is 0 Å². The van der Waals surface area contributed by atoms with Crippen LogP contribution < -0.4 is 10.2 Å². The Bertz CT molecular complexity index is 1680. The highest BCUT2D eigenvalue weighted by Gasteiger charge is 2.42. The Labute approximate surface area is 267 Å². The first-order valence-corrected chi connectivity index (χ1v) is 15.6. The fraction of sp³-hybridized carbons (Fsp3) is 0.323. The predicted molar refractivity (Wildman–Crippen MR) is 167 cm³/mol. The summed E-state index contributed by atoms with van der Waals surface area (Å²) in [5.41, 5.74) is 2.95. The standard InChI is InChI=1S/C31H30ClFN6O5S/c1-44-30(42)26-24(35-28(29-34-10-13-45-29)36-27(26)22-8-5-19(33)14-23(22)32)17-37-11-12-38-21(15-37)16-39(31(38)43)20-6-2-18(3-7-20)4-9-25(40)41/h2-3,5-8,10,13-14,21,27H,4,9,11-12,15-17H2,1H3,(H,35,36)(H,40,41). The summed E-state index contributed by atoms with van der Waals surface area (Å²) < 4.78 is 19.2. The van der Waals surface area contributed by atoms with Gasteiger partial charge in [-0.05, 0) is 36.2 Å². The first-order valence-electron chi connectivity index (χ1n) is 14.3. The number of amidine groups is 1. The minimum atomic E-state index is -0.857. The van der Waals surface area contributed by atoms with Crippen molar-refractivity contribution in [3.63, 3.8) is 0 Å². The van der Waals surface area contributed by atoms with E-state index in [4.69, 9.17) is 26.4 Å². The number of aryl methyl sites for hydroxylation is 1. The average Bonchev–Trinajstić information content (AvgIpc) is 3.68. The number of methoxy groups -OCH3 is 1. The second-order valence-corrected chi connectivity index (χ2v) is 12.2. The molecule has 3 aliphatic heterocycles. The summed E-state index contributed by atoms with van der Waals surface area (Å²) in [5, 5.41) is 14.9. The third-order valence-corrected chi connectivity index (χ3v) is 9.22. The van der Waals surface area contributed by atoms with Crippen molar-refractivity contribution < 1.29 is 28.6 Å². The lowest BCUT2D eigenvalue weighted by Gasteiger charge is -2.38. The van der Waals surface area contributed by atoms with Crippen LogP contribution >= 0.6 is 22.9 Å². The summed E-state index contributed by atoms with van der Waals surface area (Å²) in [5.74, 6) is -1.48. The molecule has 4 heterocycles. The average molecular weight is 653 g/mol. The molecule has 2 saturated heterocycles. The number of esters is 1. The van der Waals surface area contributed by atoms with E-state index < -0.39 is 23.8 Å². The molecular weight excluding hydrogens is 623 g/mol. The number of nitrogens with zero attached hydrogens (tertiary/aromatic N) is 5. The number of aliphatic carboxylic acids is 1. The van der Waals surface area contributed by atoms with Crippen LogP contribution in [0.1, 0.15) is 28.6 Å². The number of nitrogens with one attached hydrogen (secondary N) is 1. The number of piperazine rings is 1. The molecule has 2 atom stereocenters. The van der Waals surface area contributed by atoms with Gasteiger partial charge >= 0.3 is 18.0 Å². The molecule has 6 rings (SSSR count). The molecule has 234 valence electrons. The van der Waals surface area contributed by atoms with Crippen LogP contribution in [0.4, 0.5) is 14.9 Å². The molecule has 3 aliphatic rings. The molecule has 2 unspecified atom stereocenters. The lowest BCUT2D eigenvalue weighted by molar-refractivity contribution is -0.137. The van der Waals surface area contributed by atoms with Crippen LogP contribution in [0.25, 0.3) is 0 Å². The summed E-state index contributed by atoms with van der Waals surface area (Å²) in [6.07, 6.45) is 2.13. The maximum atomic E-state index is 14.0. The number of fused-ring (bicyclic) bond motifs is 1. The highest BCUT2D eigenvalue weighted by Crippen LogP contribution is 2.37. The van der Waals surface area contributed by atoms with Gasteiger partial charge in [-0.15, -0.1) is 11.3 Å². The van der Waals surface area contributed by atoms with Crippen LogP contribution in [-0.2, 0) is 20.7 Å². The molecule has 0 radical (unpaired) electrons. The van der Waals surface area contributed by atoms with E-state index >= 15 is 0 Å². The van der Waals surface area contributed by atoms with E-state index in [0.717, 1.165) is 11.3 Å². The molecule has 1 aromatic heterocycles. The largest absolute Gasteiger partial charge is 0.481 e. The minimum absolute atomic E-state index is 0.0472. The van der Waals surface area contributed by atoms with Gasteiger partial charge in [0.15, 0.2) is 10.8 Å². The Morgan fingerprint density at radius 1 is 1.18 bits per heavy atom. The summed E-state index contributed by atoms with van der Waals surface area (Å²) >= 11 is 7.86. The van der Waals surface area contributed by atoms with Gasteiger partial charge in [0.05, 0.1) is 18.7 Å². The Balaban J connectivity index is 1.24. The lowest BCUT2D eigenvalue weighted by Crippen LogP contribution is -2.53. The van der Waals surface area contributed by atoms with Crippen LogP contribution in [0.3, 0.4) is 0 Å². The number of hydrogen-bond donors (Lipinski definition) is 2. The Morgan fingerprint density at radius 3 is 2.67 bits per heavy atom. The van der Waals surface area contributed by atoms with Gasteiger partial charge in [0.2, 0.25) is 0 Å². The number of ether oxygens (including phenoxy) is 1. The van der Waals surface area contributed by atoms with Crippen molar-refractivity contribution in [2.45, 2.75) is 24.9 Å². The van der Waals surface area contributed by atoms with E-state index in [2.05, 4.69) is 15.2 Å². The number of rotatable bonds is 9. The van der Waals surface area contributed by atoms with E-state index in [9.17, 15) is 18.8 Å². The predicted octanol–water partition coefficient (Wildman–Crippen LogP) is 4.10. The van der Waals surface area contributed by atoms with Crippen molar-refractivity contribution in [1.29, 1.82) is 0 Å². The van der Waals surface area contributed by atoms with E-state index in [-0.39, 0.29) is 29.1 Å². The summed E-state index contributed by atoms with van der Waals surface area (Å²) in [6, 6.07) is 10.4. The Morgan fingerprint density at radius 2 is 1.98 bits per heavy atom. The first kappa shape index (κ1) is 30.7. The van der Waals surface area contributed by atoms with Crippen molar-refractivity contribution >= 4 is 52.4 Å². The molecule has 2 fully saturated rings. The molecule has 0 saturated carbocycles. The maximum absolute atomic E-state index is 14.0. The molecule has 45 heavy (non-hydrogen) atoms. The van der Waals surface area contributed by atoms with Gasteiger partial charge in [-0.25, -0.2) is 19.0 Å². The number of halogens is 2. The number of carbonyl (C=O) groups excluding carboxylic acids is 2. The van der Waals surface area contributed by atoms with Crippen molar-refractivity contribution in [1.82, 2.24) is 20.1 Å². The minimum Gasteiger partial charge on any atom is -0.481 e. The second kappa shape index (κ2) is 13.0. The SMILES string of the molecule is COC(=O)C1=C(CN2CCN3C(=O)N(c4ccc(CCC(=O)O)cc4)CC3C2)NC(c2nccs2)=NC1c1ccc(F)cc1Cl. The molecule has 2 N–H and O–H groups in total. The number of aromatic nitrogens is 1. The smallest absolute Gasteiger partial charge is 0.338 e. The van der Waals surface area contributed by atoms with Gasteiger partial charge in [0, 0.05) is 72.7 Å². The highest BCUT2D eigenvalue weighted by molar-refractivity contribution is 7.11. The second-order valence-electron chi connectivity index (χ2n) is 10.9. The van der Waals surface area contributed by atoms with Crippen molar-refractivity contribution in [3.8, 4) is 0 Å². The van der Waals surface area contributed by atoms with Crippen LogP contribution in [0, 0.1) is 5.82 Å². The monoisotopic (exact) mass is 652 g/mol. The first-order chi connectivity index (χ1) is 21.7. The van der Waals surface area contributed by atoms with Crippen LogP contribution in [0.2, 0.25) is 5.02 Å². The van der Waals surface area contributed by atoms with Gasteiger partial charge in [-0.1, -0.05) is 29.8 Å². The zero-order valence-corrected chi connectivity index (χ0v) is 25.9. The summed E-state index contributed by atoms with van der Waals surface area (Å²) in [4.78, 5) is 52.5. The molecule has 3 aromatic rings. The van der Waals surface area contributed by atoms with Crippen LogP contribution in [0.15, 0.2) is 70.3 Å². The number of amides is 2. The van der Waals surface area contributed by atoms with Crippen molar-refractivity contribution in [2.24, 2.45) is 4.99 Å². The quantitative estimate of drug-likeness (QED) is 0.331. The van der Waals surface area contributed by atoms with E-state index in [0.29, 0.717) is 61.2 Å². The van der Waals surface area contributed by atoms with Crippen molar-refractivity contribution in [3.05, 3.63) is 92.3 Å². The highest BCUT2D eigenvalue weighted by atomic mass is 35.5. The number of thiazole rings is 1. The lowest BCUT2D eigenvalue weighted by atomic mass is 9.95. The Hall–Kier alpha value is -4.33. The molecule has 2 aromatic carbocycles. The number of hydrogen-bond acceptors (Lipinski definition) is 9. The number of aliphatic imine (C=N–C) groups is 1. The number of urea groups is 1. The zero-order chi connectivity index (χ0) is 31.7. The van der Waals surface area contributed by atoms with E-state index in [1.807, 2.05) is 34.5 Å². The molecule has 2 amide bonds. The topological polar surface area (TPSA) is 128 Å². The van der Waals surface area contributed by atoms with E-state index in [1.165, 1.54) is 36.6 Å². The zero-order valence-electron chi connectivity index (χ0n) is 24.3. The molecule has 0 spiro atoms. The van der Waals surface area contributed by atoms with E-state index in [1.54, 1.807) is 11.1 Å². The van der Waals surface area contributed by atoms with Gasteiger partial charge in [-0.3, -0.25) is 19.6 Å². The fourth-order valence-electron chi connectivity index (χ4n) is 5.92. The normalized spacial score (nSPS) is 20.2. The van der Waals surface area contributed by atoms with Crippen LogP contribution in [-0.4, -0.2) is 89.6 Å². The maximum Gasteiger partial charge on any atom is 0.338 e. The fourth-order valence-corrected chi connectivity index (χ4v) is 6.77. The number of benzene rings is 2. The molecule has 0 aliphatic carbocycles. The van der Waals surface area contributed by atoms with Gasteiger partial charge < -0.3 is 20.1 Å². The molecular formula is C31H30ClFN6O5S.